The van der Waals surface area contributed by atoms with E-state index in [1.54, 1.807) is 45.2 Å². The van der Waals surface area contributed by atoms with E-state index in [0.29, 0.717) is 28.8 Å². The van der Waals surface area contributed by atoms with Gasteiger partial charge in [-0.1, -0.05) is 30.3 Å². The molecule has 0 aliphatic rings. The van der Waals surface area contributed by atoms with Crippen LogP contribution in [0.25, 0.3) is 10.8 Å². The standard InChI is InChI=1S/C20H20N4O3/c1-4-24-20(26)16-11-6-5-10-15(16)18(23-24)19(25)22-21-13(2)14-9-7-8-12-17(14)27-3/h5-12H,4H2,1-3H3,(H,22,25)/b21-13-. The van der Waals surface area contributed by atoms with Gasteiger partial charge in [-0.25, -0.2) is 10.1 Å². The number of para-hydroxylation sites is 1. The van der Waals surface area contributed by atoms with Gasteiger partial charge in [0.05, 0.1) is 18.2 Å². The zero-order chi connectivity index (χ0) is 19.4. The summed E-state index contributed by atoms with van der Waals surface area (Å²) in [7, 11) is 1.58. The molecule has 1 N–H and O–H groups in total. The van der Waals surface area contributed by atoms with E-state index >= 15 is 0 Å². The topological polar surface area (TPSA) is 85.6 Å². The predicted molar refractivity (Wildman–Crippen MR) is 104 cm³/mol. The van der Waals surface area contributed by atoms with Crippen LogP contribution in [-0.4, -0.2) is 28.5 Å². The van der Waals surface area contributed by atoms with E-state index in [4.69, 9.17) is 4.74 Å². The molecule has 3 rings (SSSR count). The van der Waals surface area contributed by atoms with Crippen molar-refractivity contribution < 1.29 is 9.53 Å². The van der Waals surface area contributed by atoms with Crippen molar-refractivity contribution in [3.63, 3.8) is 0 Å². The largest absolute Gasteiger partial charge is 0.496 e. The Morgan fingerprint density at radius 3 is 2.52 bits per heavy atom. The predicted octanol–water partition coefficient (Wildman–Crippen LogP) is 2.58. The van der Waals surface area contributed by atoms with E-state index < -0.39 is 5.91 Å². The lowest BCUT2D eigenvalue weighted by Crippen LogP contribution is -2.28. The van der Waals surface area contributed by atoms with Gasteiger partial charge in [-0.2, -0.15) is 10.2 Å². The fourth-order valence-corrected chi connectivity index (χ4v) is 2.81. The average molecular weight is 364 g/mol. The molecule has 0 saturated heterocycles. The van der Waals surface area contributed by atoms with Gasteiger partial charge >= 0.3 is 0 Å². The number of nitrogens with zero attached hydrogens (tertiary/aromatic N) is 3. The minimum Gasteiger partial charge on any atom is -0.496 e. The number of rotatable bonds is 5. The van der Waals surface area contributed by atoms with Crippen molar-refractivity contribution in [3.05, 3.63) is 70.1 Å². The first-order valence-corrected chi connectivity index (χ1v) is 8.54. The molecule has 138 valence electrons. The van der Waals surface area contributed by atoms with Gasteiger partial charge in [-0.05, 0) is 32.0 Å². The molecule has 1 amide bonds. The lowest BCUT2D eigenvalue weighted by atomic mass is 10.1. The number of amides is 1. The van der Waals surface area contributed by atoms with E-state index in [1.807, 2.05) is 24.3 Å². The highest BCUT2D eigenvalue weighted by Gasteiger charge is 2.16. The third kappa shape index (κ3) is 3.57. The Morgan fingerprint density at radius 2 is 1.81 bits per heavy atom. The normalized spacial score (nSPS) is 11.4. The minimum atomic E-state index is -0.484. The highest BCUT2D eigenvalue weighted by molar-refractivity contribution is 6.06. The number of hydrogen-bond donors (Lipinski definition) is 1. The second kappa shape index (κ2) is 7.82. The monoisotopic (exact) mass is 364 g/mol. The summed E-state index contributed by atoms with van der Waals surface area (Å²) in [5.41, 5.74) is 3.83. The maximum atomic E-state index is 12.7. The van der Waals surface area contributed by atoms with Crippen molar-refractivity contribution in [2.45, 2.75) is 20.4 Å². The van der Waals surface area contributed by atoms with Gasteiger partial charge in [0.25, 0.3) is 11.5 Å². The average Bonchev–Trinajstić information content (AvgIpc) is 2.72. The zero-order valence-electron chi connectivity index (χ0n) is 15.4. The van der Waals surface area contributed by atoms with Gasteiger partial charge in [0.2, 0.25) is 0 Å². The number of carbonyl (C=O) groups is 1. The Morgan fingerprint density at radius 1 is 1.15 bits per heavy atom. The summed E-state index contributed by atoms with van der Waals surface area (Å²) in [5, 5.41) is 9.32. The van der Waals surface area contributed by atoms with E-state index in [2.05, 4.69) is 15.6 Å². The Bertz CT molecular complexity index is 1090. The molecule has 3 aromatic rings. The van der Waals surface area contributed by atoms with Crippen LogP contribution in [0.4, 0.5) is 0 Å². The van der Waals surface area contributed by atoms with Crippen LogP contribution in [0.15, 0.2) is 58.4 Å². The molecule has 1 heterocycles. The Balaban J connectivity index is 1.97. The van der Waals surface area contributed by atoms with Crippen LogP contribution in [0.3, 0.4) is 0 Å². The summed E-state index contributed by atoms with van der Waals surface area (Å²) in [4.78, 5) is 25.1. The maximum absolute atomic E-state index is 12.7. The first kappa shape index (κ1) is 18.3. The number of methoxy groups -OCH3 is 1. The summed E-state index contributed by atoms with van der Waals surface area (Å²) in [6.45, 7) is 3.94. The summed E-state index contributed by atoms with van der Waals surface area (Å²) < 4.78 is 6.59. The third-order valence-corrected chi connectivity index (χ3v) is 4.20. The summed E-state index contributed by atoms with van der Waals surface area (Å²) >= 11 is 0. The molecule has 0 radical (unpaired) electrons. The van der Waals surface area contributed by atoms with Crippen molar-refractivity contribution >= 4 is 22.4 Å². The number of aromatic nitrogens is 2. The molecule has 0 spiro atoms. The number of ether oxygens (including phenoxy) is 1. The van der Waals surface area contributed by atoms with Crippen molar-refractivity contribution in [2.24, 2.45) is 5.10 Å². The highest BCUT2D eigenvalue weighted by atomic mass is 16.5. The molecule has 0 aliphatic carbocycles. The molecule has 0 fully saturated rings. The molecule has 1 aromatic heterocycles. The molecular weight excluding hydrogens is 344 g/mol. The van der Waals surface area contributed by atoms with Crippen LogP contribution in [0.5, 0.6) is 5.75 Å². The van der Waals surface area contributed by atoms with Crippen LogP contribution in [0.2, 0.25) is 0 Å². The number of aryl methyl sites for hydroxylation is 1. The fraction of sp³-hybridized carbons (Fsp3) is 0.200. The van der Waals surface area contributed by atoms with Gasteiger partial charge < -0.3 is 4.74 Å². The van der Waals surface area contributed by atoms with Crippen molar-refractivity contribution in [3.8, 4) is 5.75 Å². The number of benzene rings is 2. The molecule has 7 nitrogen and oxygen atoms in total. The van der Waals surface area contributed by atoms with E-state index in [-0.39, 0.29) is 11.3 Å². The molecule has 0 atom stereocenters. The molecule has 0 unspecified atom stereocenters. The maximum Gasteiger partial charge on any atom is 0.292 e. The molecule has 27 heavy (non-hydrogen) atoms. The molecular formula is C20H20N4O3. The van der Waals surface area contributed by atoms with Gasteiger partial charge in [0.15, 0.2) is 5.69 Å². The van der Waals surface area contributed by atoms with Gasteiger partial charge in [0, 0.05) is 17.5 Å². The van der Waals surface area contributed by atoms with Crippen molar-refractivity contribution in [1.82, 2.24) is 15.2 Å². The fourth-order valence-electron chi connectivity index (χ4n) is 2.81. The second-order valence-electron chi connectivity index (χ2n) is 5.85. The molecule has 0 saturated carbocycles. The summed E-state index contributed by atoms with van der Waals surface area (Å²) in [6, 6.07) is 14.3. The number of carbonyl (C=O) groups excluding carboxylic acids is 1. The Labute approximate surface area is 156 Å². The lowest BCUT2D eigenvalue weighted by molar-refractivity contribution is 0.0949. The third-order valence-electron chi connectivity index (χ3n) is 4.20. The summed E-state index contributed by atoms with van der Waals surface area (Å²) in [6.07, 6.45) is 0. The summed E-state index contributed by atoms with van der Waals surface area (Å²) in [5.74, 6) is 0.179. The van der Waals surface area contributed by atoms with Crippen molar-refractivity contribution in [1.29, 1.82) is 0 Å². The number of hydrazone groups is 1. The van der Waals surface area contributed by atoms with Crippen LogP contribution in [-0.2, 0) is 6.54 Å². The van der Waals surface area contributed by atoms with Crippen LogP contribution in [0, 0.1) is 0 Å². The van der Waals surface area contributed by atoms with E-state index in [9.17, 15) is 9.59 Å². The molecule has 7 heteroatoms. The quantitative estimate of drug-likeness (QED) is 0.557. The zero-order valence-corrected chi connectivity index (χ0v) is 15.4. The van der Waals surface area contributed by atoms with Crippen LogP contribution in [0.1, 0.15) is 29.9 Å². The minimum absolute atomic E-state index is 0.156. The highest BCUT2D eigenvalue weighted by Crippen LogP contribution is 2.18. The number of fused-ring (bicyclic) bond motifs is 1. The Hall–Kier alpha value is -3.48. The van der Waals surface area contributed by atoms with Crippen LogP contribution >= 0.6 is 0 Å². The van der Waals surface area contributed by atoms with Gasteiger partial charge in [-0.15, -0.1) is 0 Å². The van der Waals surface area contributed by atoms with Gasteiger partial charge in [0.1, 0.15) is 5.75 Å². The second-order valence-corrected chi connectivity index (χ2v) is 5.85. The first-order chi connectivity index (χ1) is 13.1. The smallest absolute Gasteiger partial charge is 0.292 e. The Kier molecular flexibility index (Phi) is 5.30. The van der Waals surface area contributed by atoms with E-state index in [1.165, 1.54) is 4.68 Å². The lowest BCUT2D eigenvalue weighted by Gasteiger charge is -2.10. The number of hydrogen-bond acceptors (Lipinski definition) is 5. The molecule has 0 bridgehead atoms. The molecule has 0 aliphatic heterocycles. The molecule has 2 aromatic carbocycles. The van der Waals surface area contributed by atoms with Crippen LogP contribution < -0.4 is 15.7 Å². The van der Waals surface area contributed by atoms with Gasteiger partial charge in [-0.3, -0.25) is 9.59 Å². The first-order valence-electron chi connectivity index (χ1n) is 8.54. The van der Waals surface area contributed by atoms with E-state index in [0.717, 1.165) is 5.56 Å². The van der Waals surface area contributed by atoms with Crippen molar-refractivity contribution in [2.75, 3.05) is 7.11 Å². The SMILES string of the molecule is CCn1nc(C(=O)N/N=C(/C)c2ccccc2OC)c2ccccc2c1=O. The number of nitrogens with one attached hydrogen (secondary N) is 1.